The van der Waals surface area contributed by atoms with Gasteiger partial charge in [-0.3, -0.25) is 4.90 Å². The second-order valence-electron chi connectivity index (χ2n) is 5.71. The maximum Gasteiger partial charge on any atom is 0.120 e. The molecule has 1 unspecified atom stereocenters. The minimum Gasteiger partial charge on any atom is -0.463 e. The summed E-state index contributed by atoms with van der Waals surface area (Å²) in [6, 6.07) is 2.18. The Morgan fingerprint density at radius 1 is 1.37 bits per heavy atom. The van der Waals surface area contributed by atoms with E-state index in [0.717, 1.165) is 50.0 Å². The van der Waals surface area contributed by atoms with Crippen molar-refractivity contribution in [3.05, 3.63) is 23.2 Å². The first-order chi connectivity index (χ1) is 9.06. The molecule has 0 aliphatic rings. The molecule has 1 N–H and O–H groups in total. The summed E-state index contributed by atoms with van der Waals surface area (Å²) < 4.78 is 5.94. The van der Waals surface area contributed by atoms with Crippen LogP contribution in [0.1, 0.15) is 50.7 Å². The van der Waals surface area contributed by atoms with Crippen LogP contribution < -0.4 is 5.32 Å². The first kappa shape index (κ1) is 16.3. The van der Waals surface area contributed by atoms with Crippen molar-refractivity contribution in [1.82, 2.24) is 10.2 Å². The number of nitrogens with zero attached hydrogens (tertiary/aromatic N) is 1. The van der Waals surface area contributed by atoms with Crippen LogP contribution in [0.4, 0.5) is 0 Å². The van der Waals surface area contributed by atoms with E-state index in [9.17, 15) is 0 Å². The van der Waals surface area contributed by atoms with Crippen molar-refractivity contribution in [2.45, 2.75) is 53.6 Å². The van der Waals surface area contributed by atoms with Crippen LogP contribution in [-0.2, 0) is 13.1 Å². The van der Waals surface area contributed by atoms with Crippen LogP contribution >= 0.6 is 0 Å². The molecule has 0 aromatic carbocycles. The zero-order chi connectivity index (χ0) is 14.3. The van der Waals surface area contributed by atoms with Gasteiger partial charge in [-0.25, -0.2) is 0 Å². The zero-order valence-corrected chi connectivity index (χ0v) is 13.3. The van der Waals surface area contributed by atoms with E-state index in [2.05, 4.69) is 51.0 Å². The highest BCUT2D eigenvalue weighted by molar-refractivity contribution is 5.20. The number of aryl methyl sites for hydroxylation is 1. The lowest BCUT2D eigenvalue weighted by molar-refractivity contribution is 0.251. The van der Waals surface area contributed by atoms with Crippen molar-refractivity contribution in [2.24, 2.45) is 5.92 Å². The summed E-state index contributed by atoms with van der Waals surface area (Å²) in [6.07, 6.45) is 2.39. The molecule has 19 heavy (non-hydrogen) atoms. The molecule has 1 rings (SSSR count). The predicted octanol–water partition coefficient (Wildman–Crippen LogP) is 3.57. The lowest BCUT2D eigenvalue weighted by atomic mass is 10.1. The van der Waals surface area contributed by atoms with Crippen LogP contribution in [0.25, 0.3) is 0 Å². The van der Waals surface area contributed by atoms with Gasteiger partial charge in [0.05, 0.1) is 13.1 Å². The monoisotopic (exact) mass is 266 g/mol. The quantitative estimate of drug-likeness (QED) is 0.693. The largest absolute Gasteiger partial charge is 0.463 e. The molecular formula is C16H30N2O. The zero-order valence-electron chi connectivity index (χ0n) is 13.3. The van der Waals surface area contributed by atoms with E-state index in [1.165, 1.54) is 12.0 Å². The minimum absolute atomic E-state index is 0.742. The first-order valence-electron chi connectivity index (χ1n) is 7.54. The Labute approximate surface area is 118 Å². The summed E-state index contributed by atoms with van der Waals surface area (Å²) in [5.41, 5.74) is 1.26. The molecule has 3 nitrogen and oxygen atoms in total. The van der Waals surface area contributed by atoms with E-state index in [0.29, 0.717) is 0 Å². The van der Waals surface area contributed by atoms with Crippen molar-refractivity contribution >= 4 is 0 Å². The van der Waals surface area contributed by atoms with E-state index >= 15 is 0 Å². The second kappa shape index (κ2) is 8.39. The van der Waals surface area contributed by atoms with Crippen molar-refractivity contribution in [3.63, 3.8) is 0 Å². The highest BCUT2D eigenvalue weighted by atomic mass is 16.3. The fourth-order valence-corrected chi connectivity index (χ4v) is 2.21. The van der Waals surface area contributed by atoms with Gasteiger partial charge < -0.3 is 9.73 Å². The molecule has 0 spiro atoms. The van der Waals surface area contributed by atoms with Gasteiger partial charge in [0.1, 0.15) is 11.5 Å². The van der Waals surface area contributed by atoms with E-state index in [4.69, 9.17) is 4.42 Å². The van der Waals surface area contributed by atoms with Crippen molar-refractivity contribution in [1.29, 1.82) is 0 Å². The van der Waals surface area contributed by atoms with Crippen LogP contribution in [-0.4, -0.2) is 25.0 Å². The van der Waals surface area contributed by atoms with Gasteiger partial charge in [0.15, 0.2) is 0 Å². The Bertz CT molecular complexity index is 360. The van der Waals surface area contributed by atoms with Crippen LogP contribution in [0.15, 0.2) is 10.5 Å². The average molecular weight is 266 g/mol. The molecular weight excluding hydrogens is 236 g/mol. The molecule has 0 radical (unpaired) electrons. The fraction of sp³-hybridized carbons (Fsp3) is 0.750. The third kappa shape index (κ3) is 5.79. The molecule has 1 aromatic heterocycles. The van der Waals surface area contributed by atoms with Gasteiger partial charge in [0.25, 0.3) is 0 Å². The lowest BCUT2D eigenvalue weighted by Gasteiger charge is -2.19. The van der Waals surface area contributed by atoms with Gasteiger partial charge in [-0.15, -0.1) is 0 Å². The van der Waals surface area contributed by atoms with Crippen LogP contribution in [0.5, 0.6) is 0 Å². The van der Waals surface area contributed by atoms with E-state index in [1.54, 1.807) is 0 Å². The number of rotatable bonds is 9. The summed E-state index contributed by atoms with van der Waals surface area (Å²) in [4.78, 5) is 2.34. The van der Waals surface area contributed by atoms with Gasteiger partial charge in [0, 0.05) is 6.54 Å². The van der Waals surface area contributed by atoms with E-state index in [-0.39, 0.29) is 0 Å². The Kier molecular flexibility index (Phi) is 7.17. The molecule has 1 heterocycles. The topological polar surface area (TPSA) is 28.4 Å². The number of furan rings is 1. The molecule has 0 amide bonds. The summed E-state index contributed by atoms with van der Waals surface area (Å²) >= 11 is 0. The molecule has 0 saturated heterocycles. The molecule has 110 valence electrons. The van der Waals surface area contributed by atoms with Crippen LogP contribution in [0.3, 0.4) is 0 Å². The Hall–Kier alpha value is -0.800. The smallest absolute Gasteiger partial charge is 0.120 e. The predicted molar refractivity (Wildman–Crippen MR) is 81.2 cm³/mol. The van der Waals surface area contributed by atoms with Crippen molar-refractivity contribution in [2.75, 3.05) is 20.1 Å². The Balaban J connectivity index is 2.48. The van der Waals surface area contributed by atoms with Crippen molar-refractivity contribution in [3.8, 4) is 0 Å². The molecule has 3 heteroatoms. The number of hydrogen-bond acceptors (Lipinski definition) is 3. The normalized spacial score (nSPS) is 13.2. The summed E-state index contributed by atoms with van der Waals surface area (Å²) in [5.74, 6) is 2.91. The molecule has 0 bridgehead atoms. The van der Waals surface area contributed by atoms with Gasteiger partial charge in [-0.05, 0) is 44.5 Å². The summed E-state index contributed by atoms with van der Waals surface area (Å²) in [6.45, 7) is 12.8. The van der Waals surface area contributed by atoms with Crippen LogP contribution in [0, 0.1) is 12.8 Å². The lowest BCUT2D eigenvalue weighted by Crippen LogP contribution is -2.23. The maximum absolute atomic E-state index is 5.94. The third-order valence-electron chi connectivity index (χ3n) is 3.53. The standard InChI is InChI=1S/C16H30N2O/c1-6-8-17-10-16-14(4)9-15(19-16)12-18(5)11-13(3)7-2/h9,13,17H,6-8,10-12H2,1-5H3. The maximum atomic E-state index is 5.94. The molecule has 1 atom stereocenters. The highest BCUT2D eigenvalue weighted by Crippen LogP contribution is 2.16. The summed E-state index contributed by atoms with van der Waals surface area (Å²) in [5, 5.41) is 3.39. The van der Waals surface area contributed by atoms with Gasteiger partial charge >= 0.3 is 0 Å². The van der Waals surface area contributed by atoms with E-state index in [1.807, 2.05) is 0 Å². The first-order valence-corrected chi connectivity index (χ1v) is 7.54. The Morgan fingerprint density at radius 2 is 2.11 bits per heavy atom. The van der Waals surface area contributed by atoms with Crippen molar-refractivity contribution < 1.29 is 4.42 Å². The number of nitrogens with one attached hydrogen (secondary N) is 1. The minimum atomic E-state index is 0.742. The van der Waals surface area contributed by atoms with Crippen LogP contribution in [0.2, 0.25) is 0 Å². The third-order valence-corrected chi connectivity index (χ3v) is 3.53. The molecule has 0 fully saturated rings. The average Bonchev–Trinajstić information content (AvgIpc) is 2.69. The molecule has 0 aliphatic heterocycles. The SMILES string of the molecule is CCCNCc1oc(CN(C)CC(C)CC)cc1C. The molecule has 0 aliphatic carbocycles. The highest BCUT2D eigenvalue weighted by Gasteiger charge is 2.10. The molecule has 0 saturated carbocycles. The van der Waals surface area contributed by atoms with Gasteiger partial charge in [-0.1, -0.05) is 27.2 Å². The fourth-order valence-electron chi connectivity index (χ4n) is 2.21. The Morgan fingerprint density at radius 3 is 2.74 bits per heavy atom. The van der Waals surface area contributed by atoms with Gasteiger partial charge in [0.2, 0.25) is 0 Å². The molecule has 1 aromatic rings. The van der Waals surface area contributed by atoms with Gasteiger partial charge in [-0.2, -0.15) is 0 Å². The number of hydrogen-bond donors (Lipinski definition) is 1. The van der Waals surface area contributed by atoms with E-state index < -0.39 is 0 Å². The summed E-state index contributed by atoms with van der Waals surface area (Å²) in [7, 11) is 2.17. The second-order valence-corrected chi connectivity index (χ2v) is 5.71.